The average molecular weight is 514 g/mol. The molecule has 0 aliphatic rings. The number of anilines is 1. The molecule has 0 aliphatic heterocycles. The number of benzene rings is 2. The summed E-state index contributed by atoms with van der Waals surface area (Å²) in [5.41, 5.74) is 2.43. The number of para-hydroxylation sites is 1. The smallest absolute Gasteiger partial charge is 0.264 e. The second-order valence-electron chi connectivity index (χ2n) is 7.19. The number of carbonyl (C=O) groups excluding carboxylic acids is 1. The molecule has 0 atom stereocenters. The second kappa shape index (κ2) is 9.10. The molecule has 0 spiro atoms. The zero-order valence-corrected chi connectivity index (χ0v) is 19.6. The van der Waals surface area contributed by atoms with Crippen LogP contribution in [0.2, 0.25) is 5.02 Å². The minimum atomic E-state index is -0.386. The normalized spacial score (nSPS) is 10.9. The SMILES string of the molecule is Cc1cc(C)n(CC(=O)Nc2ccccc2Cl)c(=O)c1-c1nc(-c2ccc(Br)cc2)no1. The lowest BCUT2D eigenvalue weighted by Crippen LogP contribution is -2.30. The molecule has 2 heterocycles. The zero-order valence-electron chi connectivity index (χ0n) is 17.2. The molecule has 0 bridgehead atoms. The van der Waals surface area contributed by atoms with E-state index < -0.39 is 0 Å². The van der Waals surface area contributed by atoms with E-state index in [-0.39, 0.29) is 29.5 Å². The second-order valence-corrected chi connectivity index (χ2v) is 8.52. The number of aromatic nitrogens is 3. The Morgan fingerprint density at radius 1 is 1.16 bits per heavy atom. The minimum absolute atomic E-state index is 0.102. The van der Waals surface area contributed by atoms with E-state index in [2.05, 4.69) is 31.4 Å². The molecule has 32 heavy (non-hydrogen) atoms. The summed E-state index contributed by atoms with van der Waals surface area (Å²) in [7, 11) is 0. The number of aryl methyl sites for hydroxylation is 2. The fourth-order valence-corrected chi connectivity index (χ4v) is 3.77. The summed E-state index contributed by atoms with van der Waals surface area (Å²) in [6, 6.07) is 16.1. The maximum absolute atomic E-state index is 13.3. The highest BCUT2D eigenvalue weighted by molar-refractivity contribution is 9.10. The summed E-state index contributed by atoms with van der Waals surface area (Å²) in [6.07, 6.45) is 0. The highest BCUT2D eigenvalue weighted by Gasteiger charge is 2.20. The molecule has 0 unspecified atom stereocenters. The quantitative estimate of drug-likeness (QED) is 0.394. The molecule has 1 N–H and O–H groups in total. The van der Waals surface area contributed by atoms with Gasteiger partial charge in [-0.2, -0.15) is 4.98 Å². The molecule has 9 heteroatoms. The molecule has 2 aromatic carbocycles. The maximum Gasteiger partial charge on any atom is 0.264 e. The van der Waals surface area contributed by atoms with E-state index in [1.54, 1.807) is 38.1 Å². The van der Waals surface area contributed by atoms with E-state index in [9.17, 15) is 9.59 Å². The molecule has 0 aliphatic carbocycles. The van der Waals surface area contributed by atoms with Crippen LogP contribution in [0.25, 0.3) is 22.8 Å². The summed E-state index contributed by atoms with van der Waals surface area (Å²) in [6.45, 7) is 3.38. The molecule has 4 rings (SSSR count). The fraction of sp³-hybridized carbons (Fsp3) is 0.130. The number of nitrogens with one attached hydrogen (secondary N) is 1. The van der Waals surface area contributed by atoms with Crippen molar-refractivity contribution in [3.05, 3.63) is 85.7 Å². The molecule has 0 saturated heterocycles. The van der Waals surface area contributed by atoms with Crippen LogP contribution in [-0.2, 0) is 11.3 Å². The van der Waals surface area contributed by atoms with Crippen molar-refractivity contribution in [2.75, 3.05) is 5.32 Å². The van der Waals surface area contributed by atoms with Crippen LogP contribution in [0.5, 0.6) is 0 Å². The van der Waals surface area contributed by atoms with Gasteiger partial charge in [0.15, 0.2) is 0 Å². The molecule has 0 fully saturated rings. The molecular weight excluding hydrogens is 496 g/mol. The summed E-state index contributed by atoms with van der Waals surface area (Å²) >= 11 is 9.50. The van der Waals surface area contributed by atoms with Crippen molar-refractivity contribution in [3.63, 3.8) is 0 Å². The van der Waals surface area contributed by atoms with Gasteiger partial charge in [0.1, 0.15) is 12.1 Å². The summed E-state index contributed by atoms with van der Waals surface area (Å²) in [5, 5.41) is 7.16. The Morgan fingerprint density at radius 2 is 1.88 bits per heavy atom. The number of rotatable bonds is 5. The average Bonchev–Trinajstić information content (AvgIpc) is 3.23. The Bertz CT molecular complexity index is 1360. The molecule has 4 aromatic rings. The molecular formula is C23H18BrClN4O3. The van der Waals surface area contributed by atoms with Gasteiger partial charge in [-0.3, -0.25) is 9.59 Å². The van der Waals surface area contributed by atoms with E-state index in [4.69, 9.17) is 16.1 Å². The third-order valence-corrected chi connectivity index (χ3v) is 5.75. The van der Waals surface area contributed by atoms with E-state index >= 15 is 0 Å². The van der Waals surface area contributed by atoms with Crippen molar-refractivity contribution in [2.24, 2.45) is 0 Å². The van der Waals surface area contributed by atoms with Gasteiger partial charge in [0.05, 0.1) is 10.7 Å². The number of pyridine rings is 1. The van der Waals surface area contributed by atoms with Gasteiger partial charge in [-0.15, -0.1) is 0 Å². The van der Waals surface area contributed by atoms with Crippen LogP contribution in [-0.4, -0.2) is 20.6 Å². The monoisotopic (exact) mass is 512 g/mol. The minimum Gasteiger partial charge on any atom is -0.333 e. The summed E-state index contributed by atoms with van der Waals surface area (Å²) in [4.78, 5) is 30.3. The van der Waals surface area contributed by atoms with Crippen molar-refractivity contribution in [2.45, 2.75) is 20.4 Å². The van der Waals surface area contributed by atoms with E-state index in [1.807, 2.05) is 30.3 Å². The lowest BCUT2D eigenvalue weighted by molar-refractivity contribution is -0.116. The molecule has 0 saturated carbocycles. The highest BCUT2D eigenvalue weighted by atomic mass is 79.9. The molecule has 0 radical (unpaired) electrons. The highest BCUT2D eigenvalue weighted by Crippen LogP contribution is 2.24. The number of nitrogens with zero attached hydrogens (tertiary/aromatic N) is 3. The maximum atomic E-state index is 13.3. The van der Waals surface area contributed by atoms with E-state index in [0.717, 1.165) is 10.0 Å². The summed E-state index contributed by atoms with van der Waals surface area (Å²) < 4.78 is 7.71. The number of hydrogen-bond acceptors (Lipinski definition) is 5. The molecule has 1 amide bonds. The predicted octanol–water partition coefficient (Wildman–Crippen LogP) is 5.24. The first kappa shape index (κ1) is 22.0. The van der Waals surface area contributed by atoms with Crippen LogP contribution >= 0.6 is 27.5 Å². The van der Waals surface area contributed by atoms with Crippen LogP contribution in [0.1, 0.15) is 11.3 Å². The Labute approximate surface area is 197 Å². The van der Waals surface area contributed by atoms with Gasteiger partial charge in [0.2, 0.25) is 11.7 Å². The van der Waals surface area contributed by atoms with Gasteiger partial charge in [0.25, 0.3) is 11.4 Å². The summed E-state index contributed by atoms with van der Waals surface area (Å²) in [5.74, 6) is 0.0970. The van der Waals surface area contributed by atoms with Crippen LogP contribution in [0.15, 0.2) is 68.4 Å². The van der Waals surface area contributed by atoms with Gasteiger partial charge in [0, 0.05) is 15.7 Å². The first-order valence-electron chi connectivity index (χ1n) is 9.69. The number of hydrogen-bond donors (Lipinski definition) is 1. The van der Waals surface area contributed by atoms with Crippen molar-refractivity contribution >= 4 is 39.1 Å². The van der Waals surface area contributed by atoms with Crippen LogP contribution < -0.4 is 10.9 Å². The van der Waals surface area contributed by atoms with Gasteiger partial charge in [-0.05, 0) is 61.9 Å². The van der Waals surface area contributed by atoms with Crippen LogP contribution in [0.3, 0.4) is 0 Å². The fourth-order valence-electron chi connectivity index (χ4n) is 3.32. The van der Waals surface area contributed by atoms with Gasteiger partial charge >= 0.3 is 0 Å². The van der Waals surface area contributed by atoms with Crippen molar-refractivity contribution in [1.29, 1.82) is 0 Å². The Hall–Kier alpha value is -3.23. The lowest BCUT2D eigenvalue weighted by atomic mass is 10.1. The molecule has 7 nitrogen and oxygen atoms in total. The third kappa shape index (κ3) is 4.51. The van der Waals surface area contributed by atoms with E-state index in [1.165, 1.54) is 4.57 Å². The number of amides is 1. The lowest BCUT2D eigenvalue weighted by Gasteiger charge is -2.13. The Kier molecular flexibility index (Phi) is 6.25. The topological polar surface area (TPSA) is 90.0 Å². The Morgan fingerprint density at radius 3 is 2.59 bits per heavy atom. The first-order valence-corrected chi connectivity index (χ1v) is 10.9. The number of halogens is 2. The van der Waals surface area contributed by atoms with Gasteiger partial charge in [-0.1, -0.05) is 44.8 Å². The standard InChI is InChI=1S/C23H18BrClN4O3/c1-13-11-14(2)29(12-19(30)26-18-6-4-3-5-17(18)25)23(31)20(13)22-27-21(28-32-22)15-7-9-16(24)10-8-15/h3-11H,12H2,1-2H3,(H,26,30). The van der Waals surface area contributed by atoms with Crippen molar-refractivity contribution in [3.8, 4) is 22.8 Å². The molecule has 2 aromatic heterocycles. The molecule has 162 valence electrons. The number of carbonyl (C=O) groups is 1. The Balaban J connectivity index is 1.66. The van der Waals surface area contributed by atoms with Crippen LogP contribution in [0, 0.1) is 13.8 Å². The van der Waals surface area contributed by atoms with Gasteiger partial charge in [-0.25, -0.2) is 0 Å². The third-order valence-electron chi connectivity index (χ3n) is 4.90. The van der Waals surface area contributed by atoms with Crippen molar-refractivity contribution < 1.29 is 9.32 Å². The zero-order chi connectivity index (χ0) is 22.8. The van der Waals surface area contributed by atoms with Crippen LogP contribution in [0.4, 0.5) is 5.69 Å². The van der Waals surface area contributed by atoms with E-state index in [0.29, 0.717) is 27.8 Å². The predicted molar refractivity (Wildman–Crippen MR) is 127 cm³/mol. The first-order chi connectivity index (χ1) is 15.3. The largest absolute Gasteiger partial charge is 0.333 e. The van der Waals surface area contributed by atoms with Gasteiger partial charge < -0.3 is 14.4 Å². The van der Waals surface area contributed by atoms with Crippen molar-refractivity contribution in [1.82, 2.24) is 14.7 Å².